The van der Waals surface area contributed by atoms with Crippen LogP contribution in [0, 0.1) is 0 Å². The van der Waals surface area contributed by atoms with Crippen LogP contribution in [0.3, 0.4) is 0 Å². The summed E-state index contributed by atoms with van der Waals surface area (Å²) in [4.78, 5) is 27.1. The van der Waals surface area contributed by atoms with Crippen LogP contribution in [0.2, 0.25) is 0 Å². The van der Waals surface area contributed by atoms with Gasteiger partial charge in [0.1, 0.15) is 5.00 Å². The van der Waals surface area contributed by atoms with Crippen molar-refractivity contribution in [2.75, 3.05) is 23.2 Å². The first-order valence-corrected chi connectivity index (χ1v) is 14.5. The normalized spacial score (nSPS) is 15.4. The van der Waals surface area contributed by atoms with E-state index in [9.17, 15) is 18.0 Å². The molecular weight excluding hydrogens is 494 g/mol. The van der Waals surface area contributed by atoms with Crippen molar-refractivity contribution in [3.8, 4) is 0 Å². The molecule has 3 aromatic rings. The van der Waals surface area contributed by atoms with Gasteiger partial charge in [-0.3, -0.25) is 13.9 Å². The number of nitrogens with zero attached hydrogens (tertiary/aromatic N) is 1. The SMILES string of the molecule is CNC(=O)c1c(NC(=O)c2ccc(S(=O)(=O)N3CCCc4ccccc43)cc2)sc2c1CCCCC2. The van der Waals surface area contributed by atoms with Crippen LogP contribution in [-0.2, 0) is 29.3 Å². The molecule has 2 amide bonds. The zero-order valence-electron chi connectivity index (χ0n) is 20.2. The second-order valence-electron chi connectivity index (χ2n) is 9.14. The molecule has 0 spiro atoms. The Morgan fingerprint density at radius 2 is 1.64 bits per heavy atom. The molecule has 0 saturated heterocycles. The Hall–Kier alpha value is -3.17. The maximum atomic E-state index is 13.4. The molecule has 5 rings (SSSR count). The summed E-state index contributed by atoms with van der Waals surface area (Å²) < 4.78 is 28.2. The van der Waals surface area contributed by atoms with E-state index in [0.29, 0.717) is 28.4 Å². The molecule has 2 heterocycles. The van der Waals surface area contributed by atoms with Gasteiger partial charge in [0.25, 0.3) is 21.8 Å². The van der Waals surface area contributed by atoms with E-state index in [0.717, 1.165) is 60.9 Å². The average Bonchev–Trinajstić information content (AvgIpc) is 3.07. The Bertz CT molecular complexity index is 1410. The summed E-state index contributed by atoms with van der Waals surface area (Å²) >= 11 is 1.47. The van der Waals surface area contributed by atoms with Crippen molar-refractivity contribution in [2.45, 2.75) is 49.8 Å². The number of para-hydroxylation sites is 1. The van der Waals surface area contributed by atoms with Gasteiger partial charge in [0.05, 0.1) is 16.1 Å². The van der Waals surface area contributed by atoms with Gasteiger partial charge in [0.2, 0.25) is 0 Å². The lowest BCUT2D eigenvalue weighted by Crippen LogP contribution is -2.35. The van der Waals surface area contributed by atoms with Crippen molar-refractivity contribution < 1.29 is 18.0 Å². The zero-order valence-corrected chi connectivity index (χ0v) is 21.8. The number of thiophene rings is 1. The van der Waals surface area contributed by atoms with E-state index in [1.54, 1.807) is 7.05 Å². The number of sulfonamides is 1. The second kappa shape index (κ2) is 10.1. The summed E-state index contributed by atoms with van der Waals surface area (Å²) in [7, 11) is -2.16. The third-order valence-corrected chi connectivity index (χ3v) is 9.91. The summed E-state index contributed by atoms with van der Waals surface area (Å²) in [6, 6.07) is 13.6. The lowest BCUT2D eigenvalue weighted by molar-refractivity contribution is 0.0963. The highest BCUT2D eigenvalue weighted by Gasteiger charge is 2.29. The van der Waals surface area contributed by atoms with Crippen LogP contribution in [-0.4, -0.2) is 33.8 Å². The molecule has 0 saturated carbocycles. The molecular formula is C27H29N3O4S2. The highest BCUT2D eigenvalue weighted by atomic mass is 32.2. The van der Waals surface area contributed by atoms with Crippen LogP contribution >= 0.6 is 11.3 Å². The Labute approximate surface area is 215 Å². The number of carbonyl (C=O) groups excluding carboxylic acids is 2. The molecule has 2 aromatic carbocycles. The van der Waals surface area contributed by atoms with E-state index in [2.05, 4.69) is 10.6 Å². The number of anilines is 2. The van der Waals surface area contributed by atoms with Crippen molar-refractivity contribution in [3.63, 3.8) is 0 Å². The van der Waals surface area contributed by atoms with Gasteiger partial charge in [-0.1, -0.05) is 24.6 Å². The first-order chi connectivity index (χ1) is 17.4. The first kappa shape index (κ1) is 24.5. The summed E-state index contributed by atoms with van der Waals surface area (Å²) in [6.45, 7) is 0.424. The van der Waals surface area contributed by atoms with E-state index in [4.69, 9.17) is 0 Å². The lowest BCUT2D eigenvalue weighted by atomic mass is 10.0. The summed E-state index contributed by atoms with van der Waals surface area (Å²) in [5.74, 6) is -0.572. The highest BCUT2D eigenvalue weighted by molar-refractivity contribution is 7.92. The number of amides is 2. The molecule has 1 aliphatic carbocycles. The van der Waals surface area contributed by atoms with E-state index in [-0.39, 0.29) is 16.7 Å². The van der Waals surface area contributed by atoms with E-state index >= 15 is 0 Å². The largest absolute Gasteiger partial charge is 0.355 e. The standard InChI is InChI=1S/C27H29N3O4S2/c1-28-26(32)24-21-10-3-2-4-12-23(21)35-27(24)29-25(31)19-13-15-20(16-14-19)36(33,34)30-17-7-9-18-8-5-6-11-22(18)30/h5-6,8,11,13-16H,2-4,7,9-10,12,17H2,1H3,(H,28,32)(H,29,31). The number of fused-ring (bicyclic) bond motifs is 2. The van der Waals surface area contributed by atoms with Gasteiger partial charge in [-0.2, -0.15) is 0 Å². The number of rotatable bonds is 5. The second-order valence-corrected chi connectivity index (χ2v) is 12.1. The maximum absolute atomic E-state index is 13.4. The van der Waals surface area contributed by atoms with Gasteiger partial charge in [-0.15, -0.1) is 11.3 Å². The molecule has 0 bridgehead atoms. The fourth-order valence-corrected chi connectivity index (χ4v) is 7.85. The van der Waals surface area contributed by atoms with Crippen molar-refractivity contribution >= 4 is 43.9 Å². The minimum Gasteiger partial charge on any atom is -0.355 e. The Balaban J connectivity index is 1.39. The van der Waals surface area contributed by atoms with Gasteiger partial charge >= 0.3 is 0 Å². The van der Waals surface area contributed by atoms with Crippen LogP contribution in [0.1, 0.15) is 62.4 Å². The Kier molecular flexibility index (Phi) is 6.85. The molecule has 7 nitrogen and oxygen atoms in total. The fraction of sp³-hybridized carbons (Fsp3) is 0.333. The maximum Gasteiger partial charge on any atom is 0.264 e. The smallest absolute Gasteiger partial charge is 0.264 e. The zero-order chi connectivity index (χ0) is 25.3. The third-order valence-electron chi connectivity index (χ3n) is 6.87. The molecule has 2 N–H and O–H groups in total. The van der Waals surface area contributed by atoms with Gasteiger partial charge < -0.3 is 10.6 Å². The van der Waals surface area contributed by atoms with Crippen molar-refractivity contribution in [1.82, 2.24) is 5.32 Å². The number of hydrogen-bond acceptors (Lipinski definition) is 5. The Morgan fingerprint density at radius 3 is 2.42 bits per heavy atom. The molecule has 0 radical (unpaired) electrons. The lowest BCUT2D eigenvalue weighted by Gasteiger charge is -2.30. The quantitative estimate of drug-likeness (QED) is 0.471. The molecule has 0 fully saturated rings. The summed E-state index contributed by atoms with van der Waals surface area (Å²) in [6.07, 6.45) is 6.59. The van der Waals surface area contributed by atoms with Crippen molar-refractivity contribution in [2.24, 2.45) is 0 Å². The monoisotopic (exact) mass is 523 g/mol. The molecule has 1 aromatic heterocycles. The van der Waals surface area contributed by atoms with Crippen molar-refractivity contribution in [1.29, 1.82) is 0 Å². The molecule has 188 valence electrons. The van der Waals surface area contributed by atoms with Crippen LogP contribution in [0.25, 0.3) is 0 Å². The molecule has 0 atom stereocenters. The first-order valence-electron chi connectivity index (χ1n) is 12.3. The molecule has 9 heteroatoms. The molecule has 0 unspecified atom stereocenters. The van der Waals surface area contributed by atoms with Gasteiger partial charge in [-0.05, 0) is 80.0 Å². The Morgan fingerprint density at radius 1 is 0.889 bits per heavy atom. The third kappa shape index (κ3) is 4.53. The van der Waals surface area contributed by atoms with Gasteiger partial charge in [-0.25, -0.2) is 8.42 Å². The number of nitrogens with one attached hydrogen (secondary N) is 2. The van der Waals surface area contributed by atoms with E-state index < -0.39 is 10.0 Å². The number of carbonyl (C=O) groups is 2. The predicted octanol–water partition coefficient (Wildman–Crippen LogP) is 4.77. The molecule has 36 heavy (non-hydrogen) atoms. The van der Waals surface area contributed by atoms with E-state index in [1.807, 2.05) is 24.3 Å². The van der Waals surface area contributed by atoms with Gasteiger partial charge in [0.15, 0.2) is 0 Å². The van der Waals surface area contributed by atoms with Crippen LogP contribution < -0.4 is 14.9 Å². The minimum atomic E-state index is -3.75. The van der Waals surface area contributed by atoms with Crippen LogP contribution in [0.15, 0.2) is 53.4 Å². The minimum absolute atomic E-state index is 0.143. The van der Waals surface area contributed by atoms with E-state index in [1.165, 1.54) is 39.9 Å². The average molecular weight is 524 g/mol. The van der Waals surface area contributed by atoms with Gasteiger partial charge in [0, 0.05) is 24.0 Å². The number of hydrogen-bond donors (Lipinski definition) is 2. The molecule has 1 aliphatic heterocycles. The molecule has 2 aliphatic rings. The highest BCUT2D eigenvalue weighted by Crippen LogP contribution is 2.38. The fourth-order valence-electron chi connectivity index (χ4n) is 5.03. The number of benzene rings is 2. The number of aryl methyl sites for hydroxylation is 2. The predicted molar refractivity (Wildman–Crippen MR) is 143 cm³/mol. The summed E-state index contributed by atoms with van der Waals surface area (Å²) in [5, 5.41) is 6.16. The topological polar surface area (TPSA) is 95.6 Å². The van der Waals surface area contributed by atoms with Crippen molar-refractivity contribution in [3.05, 3.63) is 75.7 Å². The van der Waals surface area contributed by atoms with Crippen LogP contribution in [0.4, 0.5) is 10.7 Å². The van der Waals surface area contributed by atoms with Crippen LogP contribution in [0.5, 0.6) is 0 Å². The summed E-state index contributed by atoms with van der Waals surface area (Å²) in [5.41, 5.74) is 3.65.